The van der Waals surface area contributed by atoms with Crippen molar-refractivity contribution < 1.29 is 14.3 Å². The molecule has 28 heavy (non-hydrogen) atoms. The number of carbonyl (C=O) groups is 1. The fourth-order valence-electron chi connectivity index (χ4n) is 2.55. The van der Waals surface area contributed by atoms with Crippen LogP contribution in [0.15, 0.2) is 28.6 Å². The summed E-state index contributed by atoms with van der Waals surface area (Å²) in [6.45, 7) is 5.94. The molecule has 0 unspecified atom stereocenters. The molecule has 7 nitrogen and oxygen atoms in total. The minimum absolute atomic E-state index is 0. The predicted octanol–water partition coefficient (Wildman–Crippen LogP) is 3.46. The lowest BCUT2D eigenvalue weighted by molar-refractivity contribution is 0.0597. The Bertz CT molecular complexity index is 810. The number of thiazole rings is 1. The van der Waals surface area contributed by atoms with E-state index in [2.05, 4.69) is 15.7 Å². The number of hydrogen-bond acceptors (Lipinski definition) is 6. The Morgan fingerprint density at radius 1 is 1.36 bits per heavy atom. The molecule has 0 atom stereocenters. The average molecular weight is 518 g/mol. The van der Waals surface area contributed by atoms with Crippen LogP contribution in [0.25, 0.3) is 0 Å². The number of guanidine groups is 1. The molecule has 2 rings (SSSR count). The summed E-state index contributed by atoms with van der Waals surface area (Å²) in [6.07, 6.45) is 0. The molecule has 0 amide bonds. The first-order valence-electron chi connectivity index (χ1n) is 8.64. The highest BCUT2D eigenvalue weighted by atomic mass is 127. The van der Waals surface area contributed by atoms with Gasteiger partial charge >= 0.3 is 5.97 Å². The van der Waals surface area contributed by atoms with Crippen LogP contribution in [0.2, 0.25) is 0 Å². The number of aryl methyl sites for hydroxylation is 1. The Balaban J connectivity index is 0.00000392. The number of rotatable bonds is 7. The fourth-order valence-corrected chi connectivity index (χ4v) is 3.15. The third kappa shape index (κ3) is 6.62. The van der Waals surface area contributed by atoms with E-state index in [0.717, 1.165) is 28.8 Å². The molecular formula is C19H27IN4O3S. The molecule has 0 saturated carbocycles. The first-order valence-corrected chi connectivity index (χ1v) is 9.52. The van der Waals surface area contributed by atoms with Gasteiger partial charge in [-0.15, -0.1) is 35.3 Å². The Labute approximate surface area is 187 Å². The molecule has 2 aromatic rings. The lowest BCUT2D eigenvalue weighted by Gasteiger charge is -2.21. The van der Waals surface area contributed by atoms with E-state index in [-0.39, 0.29) is 24.0 Å². The highest BCUT2D eigenvalue weighted by Crippen LogP contribution is 2.21. The summed E-state index contributed by atoms with van der Waals surface area (Å²) < 4.78 is 10.1. The molecule has 0 bridgehead atoms. The van der Waals surface area contributed by atoms with E-state index in [1.165, 1.54) is 14.2 Å². The normalized spacial score (nSPS) is 10.8. The third-order valence-electron chi connectivity index (χ3n) is 3.84. The summed E-state index contributed by atoms with van der Waals surface area (Å²) in [5.74, 6) is 0.846. The van der Waals surface area contributed by atoms with Crippen LogP contribution in [-0.4, -0.2) is 49.6 Å². The van der Waals surface area contributed by atoms with Crippen molar-refractivity contribution in [2.24, 2.45) is 4.99 Å². The van der Waals surface area contributed by atoms with Crippen molar-refractivity contribution in [3.8, 4) is 5.75 Å². The van der Waals surface area contributed by atoms with E-state index in [1.54, 1.807) is 17.4 Å². The van der Waals surface area contributed by atoms with E-state index in [4.69, 9.17) is 14.5 Å². The number of aliphatic imine (C=N–C) groups is 1. The number of nitrogens with zero attached hydrogens (tertiary/aromatic N) is 3. The monoisotopic (exact) mass is 518 g/mol. The molecule has 1 aromatic carbocycles. The summed E-state index contributed by atoms with van der Waals surface area (Å²) >= 11 is 1.64. The van der Waals surface area contributed by atoms with Gasteiger partial charge in [0.25, 0.3) is 0 Å². The van der Waals surface area contributed by atoms with Crippen molar-refractivity contribution in [2.75, 3.05) is 27.8 Å². The summed E-state index contributed by atoms with van der Waals surface area (Å²) in [7, 11) is 4.86. The van der Waals surface area contributed by atoms with Gasteiger partial charge in [-0.05, 0) is 31.5 Å². The number of hydrogen-bond donors (Lipinski definition) is 1. The first kappa shape index (κ1) is 24.2. The summed E-state index contributed by atoms with van der Waals surface area (Å²) in [6, 6.07) is 5.36. The molecule has 9 heteroatoms. The summed E-state index contributed by atoms with van der Waals surface area (Å²) in [5.41, 5.74) is 2.36. The molecule has 0 spiro atoms. The second kappa shape index (κ2) is 11.8. The van der Waals surface area contributed by atoms with Gasteiger partial charge in [0.05, 0.1) is 38.0 Å². The Kier molecular flexibility index (Phi) is 10.2. The van der Waals surface area contributed by atoms with Gasteiger partial charge in [0.1, 0.15) is 11.3 Å². The van der Waals surface area contributed by atoms with Crippen LogP contribution in [0.4, 0.5) is 0 Å². The van der Waals surface area contributed by atoms with Crippen molar-refractivity contribution in [1.82, 2.24) is 15.2 Å². The molecule has 0 fully saturated rings. The molecular weight excluding hydrogens is 491 g/mol. The SMILES string of the molecule is CCNC(=NCc1ccc(C(=O)OC)c(OC)c1)N(C)Cc1csc(C)n1.I. The van der Waals surface area contributed by atoms with E-state index in [1.807, 2.05) is 37.9 Å². The lowest BCUT2D eigenvalue weighted by atomic mass is 10.1. The van der Waals surface area contributed by atoms with Crippen LogP contribution < -0.4 is 10.1 Å². The van der Waals surface area contributed by atoms with Gasteiger partial charge in [0.15, 0.2) is 5.96 Å². The van der Waals surface area contributed by atoms with Crippen LogP contribution in [0.3, 0.4) is 0 Å². The second-order valence-electron chi connectivity index (χ2n) is 5.91. The third-order valence-corrected chi connectivity index (χ3v) is 4.67. The Hall–Kier alpha value is -1.88. The van der Waals surface area contributed by atoms with Crippen molar-refractivity contribution in [3.63, 3.8) is 0 Å². The number of carbonyl (C=O) groups excluding carboxylic acids is 1. The number of benzene rings is 1. The minimum Gasteiger partial charge on any atom is -0.496 e. The maximum absolute atomic E-state index is 11.8. The summed E-state index contributed by atoms with van der Waals surface area (Å²) in [5, 5.41) is 6.41. The van der Waals surface area contributed by atoms with Gasteiger partial charge in [-0.2, -0.15) is 0 Å². The zero-order valence-electron chi connectivity index (χ0n) is 16.8. The van der Waals surface area contributed by atoms with Gasteiger partial charge in [-0.3, -0.25) is 0 Å². The second-order valence-corrected chi connectivity index (χ2v) is 6.97. The van der Waals surface area contributed by atoms with Crippen LogP contribution in [-0.2, 0) is 17.8 Å². The van der Waals surface area contributed by atoms with Crippen LogP contribution in [0.5, 0.6) is 5.75 Å². The van der Waals surface area contributed by atoms with Crippen LogP contribution in [0.1, 0.15) is 33.5 Å². The van der Waals surface area contributed by atoms with Gasteiger partial charge in [0, 0.05) is 19.0 Å². The molecule has 0 saturated heterocycles. The molecule has 1 heterocycles. The lowest BCUT2D eigenvalue weighted by Crippen LogP contribution is -2.38. The quantitative estimate of drug-likeness (QED) is 0.262. The number of esters is 1. The van der Waals surface area contributed by atoms with E-state index >= 15 is 0 Å². The highest BCUT2D eigenvalue weighted by Gasteiger charge is 2.13. The van der Waals surface area contributed by atoms with Crippen molar-refractivity contribution in [1.29, 1.82) is 0 Å². The van der Waals surface area contributed by atoms with Gasteiger partial charge in [-0.1, -0.05) is 6.07 Å². The zero-order valence-corrected chi connectivity index (χ0v) is 20.0. The van der Waals surface area contributed by atoms with Crippen LogP contribution >= 0.6 is 35.3 Å². The predicted molar refractivity (Wildman–Crippen MR) is 123 cm³/mol. The van der Waals surface area contributed by atoms with Gasteiger partial charge < -0.3 is 19.7 Å². The number of methoxy groups -OCH3 is 2. The van der Waals surface area contributed by atoms with E-state index in [9.17, 15) is 4.79 Å². The number of aromatic nitrogens is 1. The molecule has 154 valence electrons. The maximum atomic E-state index is 11.8. The topological polar surface area (TPSA) is 76.1 Å². The molecule has 0 aliphatic heterocycles. The smallest absolute Gasteiger partial charge is 0.341 e. The standard InChI is InChI=1S/C19H26N4O3S.HI/c1-6-20-19(23(3)11-15-12-27-13(2)22-15)21-10-14-7-8-16(18(24)26-5)17(9-14)25-4;/h7-9,12H,6,10-11H2,1-5H3,(H,20,21);1H. The molecule has 0 aliphatic rings. The Morgan fingerprint density at radius 2 is 2.11 bits per heavy atom. The highest BCUT2D eigenvalue weighted by molar-refractivity contribution is 14.0. The van der Waals surface area contributed by atoms with E-state index < -0.39 is 5.97 Å². The number of ether oxygens (including phenoxy) is 2. The first-order chi connectivity index (χ1) is 13.0. The molecule has 1 N–H and O–H groups in total. The molecule has 0 radical (unpaired) electrons. The minimum atomic E-state index is -0.423. The average Bonchev–Trinajstić information content (AvgIpc) is 3.08. The number of halogens is 1. The molecule has 0 aliphatic carbocycles. The van der Waals surface area contributed by atoms with Gasteiger partial charge in [-0.25, -0.2) is 14.8 Å². The van der Waals surface area contributed by atoms with Crippen molar-refractivity contribution in [3.05, 3.63) is 45.4 Å². The number of nitrogens with one attached hydrogen (secondary N) is 1. The Morgan fingerprint density at radius 3 is 2.68 bits per heavy atom. The largest absolute Gasteiger partial charge is 0.496 e. The summed E-state index contributed by atoms with van der Waals surface area (Å²) in [4.78, 5) is 23.0. The fraction of sp³-hybridized carbons (Fsp3) is 0.421. The van der Waals surface area contributed by atoms with Gasteiger partial charge in [0.2, 0.25) is 0 Å². The zero-order chi connectivity index (χ0) is 19.8. The molecule has 1 aromatic heterocycles. The maximum Gasteiger partial charge on any atom is 0.341 e. The van der Waals surface area contributed by atoms with Crippen molar-refractivity contribution >= 4 is 47.2 Å². The van der Waals surface area contributed by atoms with Crippen LogP contribution in [0, 0.1) is 6.92 Å². The van der Waals surface area contributed by atoms with E-state index in [0.29, 0.717) is 24.4 Å². The van der Waals surface area contributed by atoms with Crippen molar-refractivity contribution in [2.45, 2.75) is 26.9 Å².